The number of ether oxygens (including phenoxy) is 1. The Labute approximate surface area is 107 Å². The van der Waals surface area contributed by atoms with Gasteiger partial charge in [-0.2, -0.15) is 0 Å². The van der Waals surface area contributed by atoms with Crippen molar-refractivity contribution in [1.82, 2.24) is 4.98 Å². The average molecular weight is 248 g/mol. The van der Waals surface area contributed by atoms with Crippen molar-refractivity contribution in [2.45, 2.75) is 25.4 Å². The fourth-order valence-electron chi connectivity index (χ4n) is 2.44. The topological polar surface area (TPSA) is 75.2 Å². The fraction of sp³-hybridized carbons (Fsp3) is 0.538. The van der Waals surface area contributed by atoms with E-state index in [1.165, 1.54) is 0 Å². The van der Waals surface area contributed by atoms with Crippen molar-refractivity contribution in [1.29, 1.82) is 5.41 Å². The van der Waals surface area contributed by atoms with Gasteiger partial charge in [-0.25, -0.2) is 0 Å². The van der Waals surface area contributed by atoms with Crippen LogP contribution in [0.5, 0.6) is 0 Å². The predicted octanol–water partition coefficient (Wildman–Crippen LogP) is 1.37. The minimum absolute atomic E-state index is 0.00953. The Morgan fingerprint density at radius 1 is 1.61 bits per heavy atom. The summed E-state index contributed by atoms with van der Waals surface area (Å²) in [5.41, 5.74) is 6.93. The third kappa shape index (κ3) is 2.46. The quantitative estimate of drug-likeness (QED) is 0.626. The first-order valence-electron chi connectivity index (χ1n) is 6.15. The standard InChI is InChI=1S/C13H20N4O/c1-13(18-2)6-4-8-17(9-13)10-5-3-7-16-11(10)12(14)15/h3,5,7H,4,6,8-9H2,1-2H3,(H3,14,15). The van der Waals surface area contributed by atoms with Crippen molar-refractivity contribution in [3.8, 4) is 0 Å². The molecule has 1 unspecified atom stereocenters. The van der Waals surface area contributed by atoms with Crippen molar-refractivity contribution in [2.24, 2.45) is 5.73 Å². The van der Waals surface area contributed by atoms with Gasteiger partial charge in [0.15, 0.2) is 0 Å². The highest BCUT2D eigenvalue weighted by atomic mass is 16.5. The van der Waals surface area contributed by atoms with Crippen LogP contribution in [-0.2, 0) is 4.74 Å². The lowest BCUT2D eigenvalue weighted by Gasteiger charge is -2.41. The molecule has 0 spiro atoms. The average Bonchev–Trinajstić information content (AvgIpc) is 2.39. The monoisotopic (exact) mass is 248 g/mol. The Morgan fingerprint density at radius 2 is 2.39 bits per heavy atom. The number of amidine groups is 1. The van der Waals surface area contributed by atoms with Crippen molar-refractivity contribution in [3.05, 3.63) is 24.0 Å². The molecular weight excluding hydrogens is 228 g/mol. The molecular formula is C13H20N4O. The van der Waals surface area contributed by atoms with Crippen molar-refractivity contribution in [3.63, 3.8) is 0 Å². The molecule has 0 amide bonds. The van der Waals surface area contributed by atoms with Gasteiger partial charge in [-0.15, -0.1) is 0 Å². The lowest BCUT2D eigenvalue weighted by Crippen LogP contribution is -2.48. The van der Waals surface area contributed by atoms with Crippen molar-refractivity contribution in [2.75, 3.05) is 25.1 Å². The summed E-state index contributed by atoms with van der Waals surface area (Å²) in [6.45, 7) is 3.86. The molecule has 0 bridgehead atoms. The number of nitrogen functional groups attached to an aromatic ring is 1. The number of piperidine rings is 1. The lowest BCUT2D eigenvalue weighted by molar-refractivity contribution is -0.00467. The van der Waals surface area contributed by atoms with E-state index in [1.807, 2.05) is 12.1 Å². The van der Waals surface area contributed by atoms with Gasteiger partial charge in [0.25, 0.3) is 0 Å². The molecule has 5 nitrogen and oxygen atoms in total. The molecule has 18 heavy (non-hydrogen) atoms. The maximum absolute atomic E-state index is 7.60. The fourth-order valence-corrected chi connectivity index (χ4v) is 2.44. The second-order valence-corrected chi connectivity index (χ2v) is 4.96. The zero-order valence-corrected chi connectivity index (χ0v) is 10.9. The van der Waals surface area contributed by atoms with E-state index in [2.05, 4.69) is 16.8 Å². The van der Waals surface area contributed by atoms with Crippen LogP contribution in [0.3, 0.4) is 0 Å². The molecule has 3 N–H and O–H groups in total. The molecule has 1 aromatic rings. The molecule has 1 saturated heterocycles. The molecule has 0 radical (unpaired) electrons. The van der Waals surface area contributed by atoms with Crippen LogP contribution in [0.2, 0.25) is 0 Å². The van der Waals surface area contributed by atoms with Crippen LogP contribution in [0.25, 0.3) is 0 Å². The maximum atomic E-state index is 7.60. The summed E-state index contributed by atoms with van der Waals surface area (Å²) in [5.74, 6) is 0.00953. The number of hydrogen-bond acceptors (Lipinski definition) is 4. The van der Waals surface area contributed by atoms with Gasteiger partial charge in [-0.3, -0.25) is 10.4 Å². The number of hydrogen-bond donors (Lipinski definition) is 2. The Morgan fingerprint density at radius 3 is 3.06 bits per heavy atom. The van der Waals surface area contributed by atoms with E-state index < -0.39 is 0 Å². The third-order valence-electron chi connectivity index (χ3n) is 3.53. The van der Waals surface area contributed by atoms with Crippen LogP contribution in [-0.4, -0.2) is 36.6 Å². The maximum Gasteiger partial charge on any atom is 0.143 e. The molecule has 0 aromatic carbocycles. The summed E-state index contributed by atoms with van der Waals surface area (Å²) in [6, 6.07) is 3.84. The van der Waals surface area contributed by atoms with Crippen molar-refractivity contribution < 1.29 is 4.74 Å². The summed E-state index contributed by atoms with van der Waals surface area (Å²) < 4.78 is 5.58. The zero-order valence-electron chi connectivity index (χ0n) is 10.9. The highest BCUT2D eigenvalue weighted by molar-refractivity contribution is 5.98. The Balaban J connectivity index is 2.29. The van der Waals surface area contributed by atoms with Gasteiger partial charge < -0.3 is 15.4 Å². The summed E-state index contributed by atoms with van der Waals surface area (Å²) in [5, 5.41) is 7.60. The van der Waals surface area contributed by atoms with Crippen molar-refractivity contribution >= 4 is 11.5 Å². The van der Waals surface area contributed by atoms with Crippen LogP contribution in [0.15, 0.2) is 18.3 Å². The SMILES string of the molecule is COC1(C)CCCN(c2cccnc2C(=N)N)C1. The summed E-state index contributed by atoms with van der Waals surface area (Å²) in [4.78, 5) is 6.40. The van der Waals surface area contributed by atoms with E-state index >= 15 is 0 Å². The smallest absolute Gasteiger partial charge is 0.143 e. The van der Waals surface area contributed by atoms with Crippen LogP contribution in [0, 0.1) is 5.41 Å². The number of aromatic nitrogens is 1. The van der Waals surface area contributed by atoms with E-state index in [-0.39, 0.29) is 11.4 Å². The Kier molecular flexibility index (Phi) is 3.52. The first-order valence-corrected chi connectivity index (χ1v) is 6.15. The van der Waals surface area contributed by atoms with E-state index in [9.17, 15) is 0 Å². The van der Waals surface area contributed by atoms with E-state index in [4.69, 9.17) is 15.9 Å². The summed E-state index contributed by atoms with van der Waals surface area (Å²) >= 11 is 0. The van der Waals surface area contributed by atoms with Crippen LogP contribution < -0.4 is 10.6 Å². The highest BCUT2D eigenvalue weighted by Crippen LogP contribution is 2.29. The summed E-state index contributed by atoms with van der Waals surface area (Å²) in [6.07, 6.45) is 3.78. The molecule has 1 aromatic heterocycles. The molecule has 0 saturated carbocycles. The lowest BCUT2D eigenvalue weighted by atomic mass is 9.94. The van der Waals surface area contributed by atoms with Gasteiger partial charge >= 0.3 is 0 Å². The number of pyridine rings is 1. The molecule has 5 heteroatoms. The van der Waals surface area contributed by atoms with E-state index in [1.54, 1.807) is 13.3 Å². The number of nitrogens with zero attached hydrogens (tertiary/aromatic N) is 2. The first kappa shape index (κ1) is 12.8. The molecule has 1 fully saturated rings. The minimum atomic E-state index is -0.137. The Bertz CT molecular complexity index is 448. The first-order chi connectivity index (χ1) is 8.56. The molecule has 1 aliphatic rings. The normalized spacial score (nSPS) is 24.0. The minimum Gasteiger partial charge on any atom is -0.382 e. The second-order valence-electron chi connectivity index (χ2n) is 4.96. The van der Waals surface area contributed by atoms with E-state index in [0.29, 0.717) is 5.69 Å². The van der Waals surface area contributed by atoms with Gasteiger partial charge in [-0.1, -0.05) is 0 Å². The largest absolute Gasteiger partial charge is 0.382 e. The van der Waals surface area contributed by atoms with Gasteiger partial charge in [0.2, 0.25) is 0 Å². The zero-order chi connectivity index (χ0) is 13.2. The highest BCUT2D eigenvalue weighted by Gasteiger charge is 2.31. The number of methoxy groups -OCH3 is 1. The number of rotatable bonds is 3. The van der Waals surface area contributed by atoms with Gasteiger partial charge in [-0.05, 0) is 31.9 Å². The van der Waals surface area contributed by atoms with Gasteiger partial charge in [0.05, 0.1) is 11.3 Å². The van der Waals surface area contributed by atoms with Gasteiger partial charge in [0, 0.05) is 26.4 Å². The second kappa shape index (κ2) is 4.94. The summed E-state index contributed by atoms with van der Waals surface area (Å²) in [7, 11) is 1.75. The molecule has 0 aliphatic carbocycles. The van der Waals surface area contributed by atoms with Crippen LogP contribution in [0.1, 0.15) is 25.5 Å². The molecule has 2 heterocycles. The van der Waals surface area contributed by atoms with Gasteiger partial charge in [0.1, 0.15) is 11.5 Å². The Hall–Kier alpha value is -1.62. The number of nitrogens with one attached hydrogen (secondary N) is 1. The predicted molar refractivity (Wildman–Crippen MR) is 72.1 cm³/mol. The molecule has 1 aliphatic heterocycles. The number of nitrogens with two attached hydrogens (primary N) is 1. The van der Waals surface area contributed by atoms with E-state index in [0.717, 1.165) is 31.6 Å². The molecule has 1 atom stereocenters. The van der Waals surface area contributed by atoms with Crippen LogP contribution >= 0.6 is 0 Å². The molecule has 2 rings (SSSR count). The van der Waals surface area contributed by atoms with Crippen LogP contribution in [0.4, 0.5) is 5.69 Å². The number of anilines is 1. The molecule has 98 valence electrons. The third-order valence-corrected chi connectivity index (χ3v) is 3.53.